The number of carbonyl (C=O) groups is 1. The van der Waals surface area contributed by atoms with Gasteiger partial charge in [0.15, 0.2) is 0 Å². The lowest BCUT2D eigenvalue weighted by Crippen LogP contribution is -2.54. The van der Waals surface area contributed by atoms with Crippen molar-refractivity contribution in [2.45, 2.75) is 33.4 Å². The molecule has 1 saturated heterocycles. The maximum atomic E-state index is 13.2. The summed E-state index contributed by atoms with van der Waals surface area (Å²) in [6.45, 7) is 10.1. The van der Waals surface area contributed by atoms with Crippen LogP contribution in [0.15, 0.2) is 42.5 Å². The number of carbonyl (C=O) groups excluding carboxylic acids is 1. The minimum atomic E-state index is -0.280. The number of nitrogens with zero attached hydrogens (tertiary/aromatic N) is 2. The topological polar surface area (TPSA) is 35.6 Å². The van der Waals surface area contributed by atoms with E-state index in [1.54, 1.807) is 6.07 Å². The van der Waals surface area contributed by atoms with Crippen molar-refractivity contribution >= 4 is 11.6 Å². The number of anilines is 1. The molecule has 1 fully saturated rings. The Hall–Kier alpha value is -2.40. The second kappa shape index (κ2) is 8.53. The van der Waals surface area contributed by atoms with Gasteiger partial charge < -0.3 is 10.2 Å². The Kier molecular flexibility index (Phi) is 6.11. The van der Waals surface area contributed by atoms with Crippen LogP contribution in [0, 0.1) is 19.7 Å². The molecule has 5 heteroatoms. The van der Waals surface area contributed by atoms with Crippen molar-refractivity contribution in [3.05, 3.63) is 65.0 Å². The summed E-state index contributed by atoms with van der Waals surface area (Å²) in [5.74, 6) is -0.295. The van der Waals surface area contributed by atoms with Gasteiger partial charge in [-0.05, 0) is 55.7 Å². The third-order valence-electron chi connectivity index (χ3n) is 5.51. The largest absolute Gasteiger partial charge is 0.369 e. The Labute approximate surface area is 161 Å². The Morgan fingerprint density at radius 2 is 1.81 bits per heavy atom. The van der Waals surface area contributed by atoms with Gasteiger partial charge in [0.1, 0.15) is 5.82 Å². The summed E-state index contributed by atoms with van der Waals surface area (Å²) in [5, 5.41) is 2.92. The van der Waals surface area contributed by atoms with E-state index in [-0.39, 0.29) is 17.8 Å². The fourth-order valence-corrected chi connectivity index (χ4v) is 3.58. The molecule has 1 aliphatic heterocycles. The number of benzene rings is 2. The van der Waals surface area contributed by atoms with Crippen LogP contribution in [0.5, 0.6) is 0 Å². The lowest BCUT2D eigenvalue weighted by molar-refractivity contribution is -0.126. The first-order valence-corrected chi connectivity index (χ1v) is 9.53. The van der Waals surface area contributed by atoms with Crippen LogP contribution in [0.3, 0.4) is 0 Å². The first kappa shape index (κ1) is 19.4. The molecular weight excluding hydrogens is 341 g/mol. The van der Waals surface area contributed by atoms with Crippen LogP contribution in [0.1, 0.15) is 23.6 Å². The smallest absolute Gasteiger partial charge is 0.237 e. The number of hydrogen-bond donors (Lipinski definition) is 1. The summed E-state index contributed by atoms with van der Waals surface area (Å²) in [7, 11) is 0. The molecule has 3 rings (SSSR count). The molecule has 0 aliphatic carbocycles. The maximum Gasteiger partial charge on any atom is 0.237 e. The monoisotopic (exact) mass is 369 g/mol. The van der Waals surface area contributed by atoms with E-state index in [1.165, 1.54) is 28.9 Å². The van der Waals surface area contributed by atoms with E-state index in [0.29, 0.717) is 6.54 Å². The molecule has 0 aromatic heterocycles. The van der Waals surface area contributed by atoms with E-state index in [2.05, 4.69) is 47.2 Å². The first-order valence-electron chi connectivity index (χ1n) is 9.53. The third-order valence-corrected chi connectivity index (χ3v) is 5.51. The van der Waals surface area contributed by atoms with E-state index in [0.717, 1.165) is 31.7 Å². The SMILES string of the molecule is Cc1cccc(N2CCN([C@H](C)C(=O)NCc3cccc(F)c3)CC2)c1C. The molecule has 1 atom stereocenters. The molecule has 0 unspecified atom stereocenters. The zero-order valence-corrected chi connectivity index (χ0v) is 16.3. The number of rotatable bonds is 5. The Morgan fingerprint density at radius 1 is 1.11 bits per heavy atom. The maximum absolute atomic E-state index is 13.2. The van der Waals surface area contributed by atoms with Crippen LogP contribution in [-0.4, -0.2) is 43.0 Å². The summed E-state index contributed by atoms with van der Waals surface area (Å²) in [4.78, 5) is 17.1. The van der Waals surface area contributed by atoms with Gasteiger partial charge in [0.25, 0.3) is 0 Å². The number of amides is 1. The summed E-state index contributed by atoms with van der Waals surface area (Å²) in [6.07, 6.45) is 0. The van der Waals surface area contributed by atoms with Gasteiger partial charge in [-0.2, -0.15) is 0 Å². The van der Waals surface area contributed by atoms with Gasteiger partial charge >= 0.3 is 0 Å². The van der Waals surface area contributed by atoms with Crippen LogP contribution in [-0.2, 0) is 11.3 Å². The molecule has 4 nitrogen and oxygen atoms in total. The van der Waals surface area contributed by atoms with E-state index >= 15 is 0 Å². The normalized spacial score (nSPS) is 16.2. The molecule has 1 aliphatic rings. The van der Waals surface area contributed by atoms with Crippen LogP contribution in [0.25, 0.3) is 0 Å². The van der Waals surface area contributed by atoms with E-state index in [4.69, 9.17) is 0 Å². The molecular formula is C22H28FN3O. The Balaban J connectivity index is 1.52. The highest BCUT2D eigenvalue weighted by Gasteiger charge is 2.26. The van der Waals surface area contributed by atoms with Crippen molar-refractivity contribution in [1.82, 2.24) is 10.2 Å². The van der Waals surface area contributed by atoms with Gasteiger partial charge in [-0.3, -0.25) is 9.69 Å². The minimum Gasteiger partial charge on any atom is -0.369 e. The number of hydrogen-bond acceptors (Lipinski definition) is 3. The van der Waals surface area contributed by atoms with Gasteiger partial charge in [-0.1, -0.05) is 24.3 Å². The minimum absolute atomic E-state index is 0.0144. The fourth-order valence-electron chi connectivity index (χ4n) is 3.58. The van der Waals surface area contributed by atoms with Gasteiger partial charge in [0, 0.05) is 38.4 Å². The summed E-state index contributed by atoms with van der Waals surface area (Å²) in [5.41, 5.74) is 4.69. The second-order valence-electron chi connectivity index (χ2n) is 7.27. The van der Waals surface area contributed by atoms with Crippen molar-refractivity contribution in [2.24, 2.45) is 0 Å². The molecule has 1 N–H and O–H groups in total. The standard InChI is InChI=1S/C22H28FN3O/c1-16-6-4-9-21(17(16)2)26-12-10-25(11-13-26)18(3)22(27)24-15-19-7-5-8-20(23)14-19/h4-9,14,18H,10-13,15H2,1-3H3,(H,24,27)/t18-/m1/s1. The van der Waals surface area contributed by atoms with E-state index in [1.807, 2.05) is 13.0 Å². The molecule has 0 spiro atoms. The van der Waals surface area contributed by atoms with Crippen molar-refractivity contribution < 1.29 is 9.18 Å². The molecule has 0 saturated carbocycles. The van der Waals surface area contributed by atoms with Crippen LogP contribution >= 0.6 is 0 Å². The summed E-state index contributed by atoms with van der Waals surface area (Å²) >= 11 is 0. The molecule has 144 valence electrons. The zero-order valence-electron chi connectivity index (χ0n) is 16.3. The quantitative estimate of drug-likeness (QED) is 0.879. The first-order chi connectivity index (χ1) is 13.0. The molecule has 0 bridgehead atoms. The summed E-state index contributed by atoms with van der Waals surface area (Å²) < 4.78 is 13.2. The van der Waals surface area contributed by atoms with Gasteiger partial charge in [-0.25, -0.2) is 4.39 Å². The van der Waals surface area contributed by atoms with Gasteiger partial charge in [0.05, 0.1) is 6.04 Å². The van der Waals surface area contributed by atoms with Crippen LogP contribution in [0.4, 0.5) is 10.1 Å². The molecule has 2 aromatic rings. The zero-order chi connectivity index (χ0) is 19.4. The highest BCUT2D eigenvalue weighted by molar-refractivity contribution is 5.81. The molecule has 2 aromatic carbocycles. The second-order valence-corrected chi connectivity index (χ2v) is 7.27. The number of piperazine rings is 1. The van der Waals surface area contributed by atoms with E-state index in [9.17, 15) is 9.18 Å². The van der Waals surface area contributed by atoms with Crippen molar-refractivity contribution in [1.29, 1.82) is 0 Å². The molecule has 1 amide bonds. The van der Waals surface area contributed by atoms with Crippen molar-refractivity contribution in [2.75, 3.05) is 31.1 Å². The molecule has 27 heavy (non-hydrogen) atoms. The lowest BCUT2D eigenvalue weighted by atomic mass is 10.1. The average Bonchev–Trinajstić information content (AvgIpc) is 2.68. The van der Waals surface area contributed by atoms with Gasteiger partial charge in [-0.15, -0.1) is 0 Å². The predicted molar refractivity (Wildman–Crippen MR) is 107 cm³/mol. The van der Waals surface area contributed by atoms with Gasteiger partial charge in [0.2, 0.25) is 5.91 Å². The third kappa shape index (κ3) is 4.66. The lowest BCUT2D eigenvalue weighted by Gasteiger charge is -2.39. The fraction of sp³-hybridized carbons (Fsp3) is 0.409. The predicted octanol–water partition coefficient (Wildman–Crippen LogP) is 3.27. The molecule has 1 heterocycles. The molecule has 0 radical (unpaired) electrons. The summed E-state index contributed by atoms with van der Waals surface area (Å²) in [6, 6.07) is 12.6. The number of nitrogens with one attached hydrogen (secondary N) is 1. The van der Waals surface area contributed by atoms with Crippen LogP contribution < -0.4 is 10.2 Å². The van der Waals surface area contributed by atoms with E-state index < -0.39 is 0 Å². The van der Waals surface area contributed by atoms with Crippen LogP contribution in [0.2, 0.25) is 0 Å². The Bertz CT molecular complexity index is 800. The Morgan fingerprint density at radius 3 is 2.52 bits per heavy atom. The highest BCUT2D eigenvalue weighted by Crippen LogP contribution is 2.24. The average molecular weight is 369 g/mol. The number of halogens is 1. The number of aryl methyl sites for hydroxylation is 1. The highest BCUT2D eigenvalue weighted by atomic mass is 19.1. The van der Waals surface area contributed by atoms with Crippen molar-refractivity contribution in [3.8, 4) is 0 Å². The van der Waals surface area contributed by atoms with Crippen molar-refractivity contribution in [3.63, 3.8) is 0 Å².